The Morgan fingerprint density at radius 2 is 2.53 bits per heavy atom. The maximum absolute atomic E-state index is 10.3. The second-order valence-electron chi connectivity index (χ2n) is 3.05. The van der Waals surface area contributed by atoms with E-state index in [9.17, 15) is 4.79 Å². The van der Waals surface area contributed by atoms with Crippen molar-refractivity contribution in [2.45, 2.75) is 13.5 Å². The first-order valence-corrected chi connectivity index (χ1v) is 5.54. The average molecular weight is 229 g/mol. The lowest BCUT2D eigenvalue weighted by molar-refractivity contribution is -0.122. The molecular weight excluding hydrogens is 214 g/mol. The third kappa shape index (κ3) is 5.46. The van der Waals surface area contributed by atoms with Crippen molar-refractivity contribution in [2.75, 3.05) is 19.8 Å². The number of carbonyl (C=O) groups excluding carboxylic acids is 1. The average Bonchev–Trinajstić information content (AvgIpc) is 2.57. The van der Waals surface area contributed by atoms with Crippen molar-refractivity contribution < 1.29 is 9.53 Å². The molecule has 0 atom stereocenters. The second kappa shape index (κ2) is 6.49. The van der Waals surface area contributed by atoms with E-state index in [0.29, 0.717) is 13.2 Å². The van der Waals surface area contributed by atoms with Crippen LogP contribution >= 0.6 is 11.3 Å². The van der Waals surface area contributed by atoms with E-state index in [1.54, 1.807) is 11.3 Å². The Kier molecular flexibility index (Phi) is 5.23. The molecule has 0 aromatic carbocycles. The highest BCUT2D eigenvalue weighted by atomic mass is 32.1. The number of ether oxygens (including phenoxy) is 1. The van der Waals surface area contributed by atoms with E-state index in [2.05, 4.69) is 10.3 Å². The molecule has 3 N–H and O–H groups in total. The lowest BCUT2D eigenvalue weighted by Crippen LogP contribution is -2.23. The van der Waals surface area contributed by atoms with Crippen LogP contribution < -0.4 is 11.1 Å². The summed E-state index contributed by atoms with van der Waals surface area (Å²) < 4.78 is 4.98. The Balaban J connectivity index is 2.00. The van der Waals surface area contributed by atoms with Gasteiger partial charge in [-0.25, -0.2) is 4.98 Å². The molecule has 1 aromatic rings. The summed E-state index contributed by atoms with van der Waals surface area (Å²) in [6.45, 7) is 3.85. The maximum atomic E-state index is 10.3. The highest BCUT2D eigenvalue weighted by molar-refractivity contribution is 7.09. The molecule has 0 bridgehead atoms. The van der Waals surface area contributed by atoms with Gasteiger partial charge in [0.2, 0.25) is 5.91 Å². The molecule has 0 unspecified atom stereocenters. The van der Waals surface area contributed by atoms with Crippen molar-refractivity contribution in [3.8, 4) is 0 Å². The number of hydrogen-bond donors (Lipinski definition) is 2. The van der Waals surface area contributed by atoms with Gasteiger partial charge in [-0.05, 0) is 6.92 Å². The molecule has 0 fully saturated rings. The van der Waals surface area contributed by atoms with Crippen LogP contribution in [0.15, 0.2) is 5.38 Å². The largest absolute Gasteiger partial charge is 0.370 e. The van der Waals surface area contributed by atoms with Crippen LogP contribution in [0.25, 0.3) is 0 Å². The van der Waals surface area contributed by atoms with Crippen LogP contribution in [0.4, 0.5) is 0 Å². The lowest BCUT2D eigenvalue weighted by Gasteiger charge is -2.02. The van der Waals surface area contributed by atoms with Crippen LogP contribution in [0.5, 0.6) is 0 Å². The summed E-state index contributed by atoms with van der Waals surface area (Å²) >= 11 is 1.63. The quantitative estimate of drug-likeness (QED) is 0.647. The Bertz CT molecular complexity index is 314. The molecule has 15 heavy (non-hydrogen) atoms. The number of aromatic nitrogens is 1. The number of amides is 1. The predicted molar refractivity (Wildman–Crippen MR) is 58.6 cm³/mol. The van der Waals surface area contributed by atoms with Crippen LogP contribution in [0.2, 0.25) is 0 Å². The topological polar surface area (TPSA) is 77.2 Å². The Labute approximate surface area is 92.6 Å². The highest BCUT2D eigenvalue weighted by Crippen LogP contribution is 2.06. The molecule has 5 nitrogen and oxygen atoms in total. The zero-order chi connectivity index (χ0) is 11.1. The summed E-state index contributed by atoms with van der Waals surface area (Å²) in [6, 6.07) is 0. The molecule has 84 valence electrons. The zero-order valence-corrected chi connectivity index (χ0v) is 9.47. The number of nitrogens with two attached hydrogens (primary N) is 1. The summed E-state index contributed by atoms with van der Waals surface area (Å²) in [5.74, 6) is -0.440. The van der Waals surface area contributed by atoms with Gasteiger partial charge in [0.25, 0.3) is 0 Å². The standard InChI is InChI=1S/C9H15N3O2S/c1-7-12-8(6-15-7)4-11-2-3-14-5-9(10)13/h6,11H,2-5H2,1H3,(H2,10,13). The van der Waals surface area contributed by atoms with Gasteiger partial charge < -0.3 is 15.8 Å². The van der Waals surface area contributed by atoms with Gasteiger partial charge in [0.05, 0.1) is 17.3 Å². The van der Waals surface area contributed by atoms with E-state index in [0.717, 1.165) is 17.2 Å². The molecule has 0 aliphatic rings. The van der Waals surface area contributed by atoms with Gasteiger partial charge in [-0.15, -0.1) is 11.3 Å². The van der Waals surface area contributed by atoms with E-state index < -0.39 is 5.91 Å². The second-order valence-corrected chi connectivity index (χ2v) is 4.12. The fourth-order valence-corrected chi connectivity index (χ4v) is 1.64. The van der Waals surface area contributed by atoms with Gasteiger partial charge in [-0.1, -0.05) is 0 Å². The van der Waals surface area contributed by atoms with Crippen LogP contribution in [-0.2, 0) is 16.1 Å². The summed E-state index contributed by atoms with van der Waals surface area (Å²) in [5, 5.41) is 6.24. The molecule has 1 heterocycles. The minimum atomic E-state index is -0.440. The number of nitrogens with zero attached hydrogens (tertiary/aromatic N) is 1. The minimum Gasteiger partial charge on any atom is -0.370 e. The summed E-state index contributed by atoms with van der Waals surface area (Å²) in [6.07, 6.45) is 0. The van der Waals surface area contributed by atoms with Gasteiger partial charge >= 0.3 is 0 Å². The lowest BCUT2D eigenvalue weighted by atomic mass is 10.5. The first-order chi connectivity index (χ1) is 7.18. The predicted octanol–water partition coefficient (Wildman–Crippen LogP) is 0.0430. The maximum Gasteiger partial charge on any atom is 0.243 e. The Morgan fingerprint density at radius 1 is 1.73 bits per heavy atom. The van der Waals surface area contributed by atoms with Crippen molar-refractivity contribution in [3.63, 3.8) is 0 Å². The van der Waals surface area contributed by atoms with Crippen molar-refractivity contribution in [1.82, 2.24) is 10.3 Å². The molecule has 0 aliphatic carbocycles. The molecule has 0 radical (unpaired) electrons. The summed E-state index contributed by atoms with van der Waals surface area (Å²) in [5.41, 5.74) is 5.94. The van der Waals surface area contributed by atoms with E-state index in [1.165, 1.54) is 0 Å². The molecule has 1 rings (SSSR count). The van der Waals surface area contributed by atoms with E-state index in [-0.39, 0.29) is 6.61 Å². The Morgan fingerprint density at radius 3 is 3.13 bits per heavy atom. The fraction of sp³-hybridized carbons (Fsp3) is 0.556. The molecule has 0 spiro atoms. The minimum absolute atomic E-state index is 0.0164. The number of thiazole rings is 1. The molecule has 1 aromatic heterocycles. The van der Waals surface area contributed by atoms with Crippen molar-refractivity contribution in [3.05, 3.63) is 16.1 Å². The van der Waals surface area contributed by atoms with E-state index >= 15 is 0 Å². The van der Waals surface area contributed by atoms with Crippen molar-refractivity contribution >= 4 is 17.2 Å². The molecule has 0 aliphatic heterocycles. The van der Waals surface area contributed by atoms with E-state index in [1.807, 2.05) is 12.3 Å². The van der Waals surface area contributed by atoms with Gasteiger partial charge in [0.1, 0.15) is 6.61 Å². The van der Waals surface area contributed by atoms with Crippen LogP contribution in [-0.4, -0.2) is 30.6 Å². The van der Waals surface area contributed by atoms with Crippen molar-refractivity contribution in [2.24, 2.45) is 5.73 Å². The first-order valence-electron chi connectivity index (χ1n) is 4.66. The van der Waals surface area contributed by atoms with Gasteiger partial charge in [0.15, 0.2) is 0 Å². The number of hydrogen-bond acceptors (Lipinski definition) is 5. The number of rotatable bonds is 7. The number of aryl methyl sites for hydroxylation is 1. The molecule has 0 saturated carbocycles. The van der Waals surface area contributed by atoms with Crippen LogP contribution in [0.3, 0.4) is 0 Å². The first kappa shape index (κ1) is 12.1. The molecule has 0 saturated heterocycles. The van der Waals surface area contributed by atoms with Crippen molar-refractivity contribution in [1.29, 1.82) is 0 Å². The van der Waals surface area contributed by atoms with Gasteiger partial charge in [0, 0.05) is 18.5 Å². The smallest absolute Gasteiger partial charge is 0.243 e. The summed E-state index contributed by atoms with van der Waals surface area (Å²) in [4.78, 5) is 14.6. The SMILES string of the molecule is Cc1nc(CNCCOCC(N)=O)cs1. The summed E-state index contributed by atoms with van der Waals surface area (Å²) in [7, 11) is 0. The van der Waals surface area contributed by atoms with Crippen LogP contribution in [0.1, 0.15) is 10.7 Å². The van der Waals surface area contributed by atoms with Gasteiger partial charge in [-0.3, -0.25) is 4.79 Å². The zero-order valence-electron chi connectivity index (χ0n) is 8.66. The fourth-order valence-electron chi connectivity index (χ4n) is 1.02. The molecular formula is C9H15N3O2S. The third-order valence-corrected chi connectivity index (χ3v) is 2.46. The number of primary amides is 1. The monoisotopic (exact) mass is 229 g/mol. The molecule has 1 amide bonds. The highest BCUT2D eigenvalue weighted by Gasteiger charge is 1.97. The van der Waals surface area contributed by atoms with E-state index in [4.69, 9.17) is 10.5 Å². The normalized spacial score (nSPS) is 10.5. The van der Waals surface area contributed by atoms with Gasteiger partial charge in [-0.2, -0.15) is 0 Å². The third-order valence-electron chi connectivity index (χ3n) is 1.64. The molecule has 6 heteroatoms. The van der Waals surface area contributed by atoms with Crippen LogP contribution in [0, 0.1) is 6.92 Å². The Hall–Kier alpha value is -0.980. The number of nitrogens with one attached hydrogen (secondary N) is 1. The number of carbonyl (C=O) groups is 1.